The van der Waals surface area contributed by atoms with Gasteiger partial charge in [-0.3, -0.25) is 14.5 Å². The molecule has 0 unspecified atom stereocenters. The number of ether oxygens (including phenoxy) is 2. The number of likely N-dealkylation sites (tertiary alicyclic amines) is 1. The van der Waals surface area contributed by atoms with E-state index in [2.05, 4.69) is 10.2 Å². The van der Waals surface area contributed by atoms with E-state index in [4.69, 9.17) is 9.47 Å². The third-order valence-corrected chi connectivity index (χ3v) is 8.17. The number of halogens is 1. The average molecular weight is 543 g/mol. The van der Waals surface area contributed by atoms with Gasteiger partial charge in [-0.05, 0) is 54.8 Å². The number of aromatic nitrogens is 1. The number of rotatable bonds is 6. The SMILES string of the molecule is O=C(c1cn2c3c(c(NCCCN4CCOCC4)c(F)cc3c1=O)Oc1cc3ccccc3cc1-2)N1CCCC1. The molecule has 4 heterocycles. The molecule has 0 bridgehead atoms. The highest BCUT2D eigenvalue weighted by Gasteiger charge is 2.30. The van der Waals surface area contributed by atoms with Crippen LogP contribution in [0.25, 0.3) is 27.4 Å². The maximum absolute atomic E-state index is 15.7. The molecule has 4 aromatic rings. The predicted molar refractivity (Wildman–Crippen MR) is 153 cm³/mol. The number of nitrogens with zero attached hydrogens (tertiary/aromatic N) is 3. The molecule has 3 aliphatic rings. The number of anilines is 1. The van der Waals surface area contributed by atoms with Gasteiger partial charge in [0.25, 0.3) is 5.91 Å². The van der Waals surface area contributed by atoms with Crippen LogP contribution in [0.1, 0.15) is 29.6 Å². The van der Waals surface area contributed by atoms with Gasteiger partial charge in [0.2, 0.25) is 5.43 Å². The Morgan fingerprint density at radius 3 is 2.52 bits per heavy atom. The van der Waals surface area contributed by atoms with E-state index in [0.29, 0.717) is 36.6 Å². The number of amides is 1. The van der Waals surface area contributed by atoms with Crippen LogP contribution in [0.4, 0.5) is 10.1 Å². The lowest BCUT2D eigenvalue weighted by Crippen LogP contribution is -2.37. The number of pyridine rings is 1. The fourth-order valence-corrected chi connectivity index (χ4v) is 6.05. The van der Waals surface area contributed by atoms with Crippen LogP contribution in [0.15, 0.2) is 53.5 Å². The quantitative estimate of drug-likeness (QED) is 0.312. The Kier molecular flexibility index (Phi) is 6.40. The van der Waals surface area contributed by atoms with Crippen molar-refractivity contribution in [3.05, 3.63) is 70.3 Å². The molecule has 1 amide bonds. The first kappa shape index (κ1) is 25.0. The van der Waals surface area contributed by atoms with Crippen LogP contribution >= 0.6 is 0 Å². The van der Waals surface area contributed by atoms with E-state index >= 15 is 4.39 Å². The summed E-state index contributed by atoms with van der Waals surface area (Å²) in [5.41, 5.74) is 0.960. The smallest absolute Gasteiger partial charge is 0.259 e. The van der Waals surface area contributed by atoms with Gasteiger partial charge in [0.1, 0.15) is 16.8 Å². The molecule has 7 rings (SSSR count). The minimum Gasteiger partial charge on any atom is -0.451 e. The molecule has 1 N–H and O–H groups in total. The van der Waals surface area contributed by atoms with Crippen molar-refractivity contribution in [2.45, 2.75) is 19.3 Å². The molecule has 40 heavy (non-hydrogen) atoms. The third-order valence-electron chi connectivity index (χ3n) is 8.17. The van der Waals surface area contributed by atoms with Crippen molar-refractivity contribution < 1.29 is 18.7 Å². The van der Waals surface area contributed by atoms with Crippen molar-refractivity contribution >= 4 is 33.3 Å². The number of morpholine rings is 1. The highest BCUT2D eigenvalue weighted by molar-refractivity contribution is 6.02. The van der Waals surface area contributed by atoms with Gasteiger partial charge < -0.3 is 24.3 Å². The minimum absolute atomic E-state index is 0.0481. The topological polar surface area (TPSA) is 76.0 Å². The van der Waals surface area contributed by atoms with E-state index < -0.39 is 11.2 Å². The first-order valence-corrected chi connectivity index (χ1v) is 14.0. The minimum atomic E-state index is -0.576. The molecule has 0 atom stereocenters. The molecule has 8 nitrogen and oxygen atoms in total. The molecule has 9 heteroatoms. The van der Waals surface area contributed by atoms with E-state index in [9.17, 15) is 9.59 Å². The molecule has 3 aromatic carbocycles. The van der Waals surface area contributed by atoms with Gasteiger partial charge in [0.15, 0.2) is 17.3 Å². The Morgan fingerprint density at radius 1 is 1.00 bits per heavy atom. The van der Waals surface area contributed by atoms with E-state index in [0.717, 1.165) is 62.9 Å². The second-order valence-corrected chi connectivity index (χ2v) is 10.7. The van der Waals surface area contributed by atoms with Crippen molar-refractivity contribution in [1.82, 2.24) is 14.4 Å². The zero-order valence-electron chi connectivity index (χ0n) is 22.2. The van der Waals surface area contributed by atoms with Gasteiger partial charge in [0.05, 0.1) is 24.3 Å². The van der Waals surface area contributed by atoms with Crippen LogP contribution in [0, 0.1) is 5.82 Å². The average Bonchev–Trinajstić information content (AvgIpc) is 3.52. The van der Waals surface area contributed by atoms with Crippen LogP contribution in [0.2, 0.25) is 0 Å². The highest BCUT2D eigenvalue weighted by Crippen LogP contribution is 2.46. The first-order chi connectivity index (χ1) is 19.6. The zero-order valence-corrected chi connectivity index (χ0v) is 22.2. The molecule has 1 aromatic heterocycles. The summed E-state index contributed by atoms with van der Waals surface area (Å²) in [6.45, 7) is 5.92. The van der Waals surface area contributed by atoms with Gasteiger partial charge in [0, 0.05) is 38.9 Å². The lowest BCUT2D eigenvalue weighted by Gasteiger charge is -2.28. The summed E-state index contributed by atoms with van der Waals surface area (Å²) in [5.74, 6) is -0.0825. The lowest BCUT2D eigenvalue weighted by atomic mass is 10.0. The fraction of sp³-hybridized carbons (Fsp3) is 0.355. The summed E-state index contributed by atoms with van der Waals surface area (Å²) in [4.78, 5) is 31.1. The lowest BCUT2D eigenvalue weighted by molar-refractivity contribution is 0.0378. The highest BCUT2D eigenvalue weighted by atomic mass is 19.1. The number of carbonyl (C=O) groups is 1. The summed E-state index contributed by atoms with van der Waals surface area (Å²) in [6.07, 6.45) is 4.25. The first-order valence-electron chi connectivity index (χ1n) is 14.0. The normalized spacial score (nSPS) is 16.8. The Bertz CT molecular complexity index is 1690. The number of carbonyl (C=O) groups excluding carboxylic acids is 1. The van der Waals surface area contributed by atoms with Crippen molar-refractivity contribution in [3.63, 3.8) is 0 Å². The Morgan fingerprint density at radius 2 is 1.75 bits per heavy atom. The van der Waals surface area contributed by atoms with Gasteiger partial charge in [-0.1, -0.05) is 24.3 Å². The van der Waals surface area contributed by atoms with Crippen LogP contribution < -0.4 is 15.5 Å². The van der Waals surface area contributed by atoms with Gasteiger partial charge >= 0.3 is 0 Å². The summed E-state index contributed by atoms with van der Waals surface area (Å²) < 4.78 is 29.4. The second kappa shape index (κ2) is 10.2. The summed E-state index contributed by atoms with van der Waals surface area (Å²) in [5, 5.41) is 5.36. The molecule has 3 aliphatic heterocycles. The molecule has 0 aliphatic carbocycles. The van der Waals surface area contributed by atoms with Crippen LogP contribution in [0.3, 0.4) is 0 Å². The molecule has 2 fully saturated rings. The maximum Gasteiger partial charge on any atom is 0.259 e. The molecule has 0 spiro atoms. The number of fused-ring (bicyclic) bond motifs is 3. The van der Waals surface area contributed by atoms with Gasteiger partial charge in [-0.25, -0.2) is 4.39 Å². The molecule has 2 saturated heterocycles. The van der Waals surface area contributed by atoms with E-state index in [1.54, 1.807) is 11.1 Å². The molecular weight excluding hydrogens is 511 g/mol. The zero-order chi connectivity index (χ0) is 27.2. The van der Waals surface area contributed by atoms with Crippen molar-refractivity contribution in [1.29, 1.82) is 0 Å². The number of hydrogen-bond acceptors (Lipinski definition) is 6. The van der Waals surface area contributed by atoms with Crippen LogP contribution in [0.5, 0.6) is 11.5 Å². The van der Waals surface area contributed by atoms with Gasteiger partial charge in [-0.15, -0.1) is 0 Å². The summed E-state index contributed by atoms with van der Waals surface area (Å²) >= 11 is 0. The molecular formula is C31H31FN4O4. The van der Waals surface area contributed by atoms with Crippen LogP contribution in [-0.4, -0.2) is 72.8 Å². The van der Waals surface area contributed by atoms with Crippen molar-refractivity contribution in [3.8, 4) is 17.2 Å². The summed E-state index contributed by atoms with van der Waals surface area (Å²) in [7, 11) is 0. The number of hydrogen-bond donors (Lipinski definition) is 1. The standard InChI is InChI=1S/C31H31FN4O4/c32-24-18-22-28-30(27(24)33-8-5-9-34-12-14-39-15-13-34)40-26-17-21-7-2-1-6-20(21)16-25(26)36(28)19-23(29(22)37)31(38)35-10-3-4-11-35/h1-2,6-7,16-19,33H,3-5,8-15H2. The van der Waals surface area contributed by atoms with Gasteiger partial charge in [-0.2, -0.15) is 0 Å². The van der Waals surface area contributed by atoms with Crippen molar-refractivity contribution in [2.24, 2.45) is 0 Å². The number of benzene rings is 3. The maximum atomic E-state index is 15.7. The Balaban J connectivity index is 1.34. The van der Waals surface area contributed by atoms with Crippen LogP contribution in [-0.2, 0) is 4.74 Å². The van der Waals surface area contributed by atoms with E-state index in [1.165, 1.54) is 6.07 Å². The fourth-order valence-electron chi connectivity index (χ4n) is 6.05. The summed E-state index contributed by atoms with van der Waals surface area (Å²) in [6, 6.07) is 13.1. The third kappa shape index (κ3) is 4.30. The Labute approximate surface area is 230 Å². The second-order valence-electron chi connectivity index (χ2n) is 10.7. The monoisotopic (exact) mass is 542 g/mol. The van der Waals surface area contributed by atoms with Crippen molar-refractivity contribution in [2.75, 3.05) is 57.8 Å². The van der Waals surface area contributed by atoms with E-state index in [1.807, 2.05) is 41.0 Å². The molecule has 0 saturated carbocycles. The Hall–Kier alpha value is -3.95. The van der Waals surface area contributed by atoms with E-state index in [-0.39, 0.29) is 28.3 Å². The molecule has 0 radical (unpaired) electrons. The predicted octanol–water partition coefficient (Wildman–Crippen LogP) is 4.76. The number of nitrogens with one attached hydrogen (secondary N) is 1. The molecule has 206 valence electrons. The largest absolute Gasteiger partial charge is 0.451 e.